The van der Waals surface area contributed by atoms with Gasteiger partial charge in [0.25, 0.3) is 0 Å². The Morgan fingerprint density at radius 2 is 2.16 bits per heavy atom. The quantitative estimate of drug-likeness (QED) is 0.912. The third kappa shape index (κ3) is 3.21. The molecule has 0 bridgehead atoms. The molecule has 2 unspecified atom stereocenters. The molecule has 106 valence electrons. The van der Waals surface area contributed by atoms with Gasteiger partial charge in [0, 0.05) is 31.7 Å². The first kappa shape index (κ1) is 13.6. The summed E-state index contributed by atoms with van der Waals surface area (Å²) in [4.78, 5) is 2.74. The minimum atomic E-state index is 0.349. The SMILES string of the molecule is CC(C)(C)C1CN(Cc2ccsc2)C(C2CC2)CN1. The molecule has 2 atom stereocenters. The molecule has 0 aromatic carbocycles. The predicted octanol–water partition coefficient (Wildman–Crippen LogP) is 3.35. The van der Waals surface area contributed by atoms with Gasteiger partial charge in [-0.05, 0) is 46.6 Å². The third-order valence-corrected chi connectivity index (χ3v) is 5.37. The van der Waals surface area contributed by atoms with Crippen LogP contribution in [0.4, 0.5) is 0 Å². The van der Waals surface area contributed by atoms with Crippen molar-refractivity contribution in [3.63, 3.8) is 0 Å². The van der Waals surface area contributed by atoms with Gasteiger partial charge in [0.05, 0.1) is 0 Å². The standard InChI is InChI=1S/C16H26N2S/c1-16(2,3)15-10-18(9-12-6-7-19-11-12)14(8-17-15)13-4-5-13/h6-7,11,13-15,17H,4-5,8-10H2,1-3H3. The molecule has 1 aromatic rings. The van der Waals surface area contributed by atoms with Gasteiger partial charge in [-0.1, -0.05) is 20.8 Å². The summed E-state index contributed by atoms with van der Waals surface area (Å²) in [5.74, 6) is 0.951. The highest BCUT2D eigenvalue weighted by atomic mass is 32.1. The first-order valence-electron chi connectivity index (χ1n) is 7.52. The molecule has 1 saturated heterocycles. The molecule has 1 N–H and O–H groups in total. The summed E-state index contributed by atoms with van der Waals surface area (Å²) < 4.78 is 0. The summed E-state index contributed by atoms with van der Waals surface area (Å²) in [6.45, 7) is 10.6. The molecule has 0 spiro atoms. The maximum Gasteiger partial charge on any atom is 0.0253 e. The number of nitrogens with zero attached hydrogens (tertiary/aromatic N) is 1. The van der Waals surface area contributed by atoms with Crippen LogP contribution < -0.4 is 5.32 Å². The number of thiophene rings is 1. The lowest BCUT2D eigenvalue weighted by molar-refractivity contribution is 0.0690. The highest BCUT2D eigenvalue weighted by molar-refractivity contribution is 7.07. The van der Waals surface area contributed by atoms with Crippen LogP contribution in [0.5, 0.6) is 0 Å². The second-order valence-electron chi connectivity index (χ2n) is 7.29. The Morgan fingerprint density at radius 3 is 2.74 bits per heavy atom. The molecule has 0 amide bonds. The van der Waals surface area contributed by atoms with Gasteiger partial charge in [0.15, 0.2) is 0 Å². The molecule has 3 heteroatoms. The van der Waals surface area contributed by atoms with Gasteiger partial charge in [-0.3, -0.25) is 4.90 Å². The summed E-state index contributed by atoms with van der Waals surface area (Å²) in [5, 5.41) is 8.30. The van der Waals surface area contributed by atoms with Gasteiger partial charge in [-0.25, -0.2) is 0 Å². The van der Waals surface area contributed by atoms with E-state index in [-0.39, 0.29) is 0 Å². The van der Waals surface area contributed by atoms with Crippen LogP contribution in [0.3, 0.4) is 0 Å². The lowest BCUT2D eigenvalue weighted by Crippen LogP contribution is -2.60. The highest BCUT2D eigenvalue weighted by Crippen LogP contribution is 2.38. The van der Waals surface area contributed by atoms with E-state index in [1.165, 1.54) is 31.5 Å². The maximum absolute atomic E-state index is 3.80. The second-order valence-corrected chi connectivity index (χ2v) is 8.07. The fourth-order valence-electron chi connectivity index (χ4n) is 3.15. The van der Waals surface area contributed by atoms with Gasteiger partial charge in [0.2, 0.25) is 0 Å². The normalized spacial score (nSPS) is 29.6. The van der Waals surface area contributed by atoms with Crippen molar-refractivity contribution in [1.82, 2.24) is 10.2 Å². The van der Waals surface area contributed by atoms with E-state index in [0.29, 0.717) is 11.5 Å². The average Bonchev–Trinajstić information content (AvgIpc) is 3.07. The highest BCUT2D eigenvalue weighted by Gasteiger charge is 2.41. The van der Waals surface area contributed by atoms with Crippen molar-refractivity contribution in [1.29, 1.82) is 0 Å². The molecule has 1 aromatic heterocycles. The first-order valence-corrected chi connectivity index (χ1v) is 8.47. The van der Waals surface area contributed by atoms with Crippen molar-refractivity contribution in [2.45, 2.75) is 52.2 Å². The Labute approximate surface area is 121 Å². The average molecular weight is 278 g/mol. The van der Waals surface area contributed by atoms with Crippen molar-refractivity contribution in [2.24, 2.45) is 11.3 Å². The Kier molecular flexibility index (Phi) is 3.71. The molecule has 2 aliphatic rings. The van der Waals surface area contributed by atoms with E-state index in [4.69, 9.17) is 0 Å². The summed E-state index contributed by atoms with van der Waals surface area (Å²) in [5.41, 5.74) is 1.84. The van der Waals surface area contributed by atoms with Gasteiger partial charge < -0.3 is 5.32 Å². The van der Waals surface area contributed by atoms with Crippen molar-refractivity contribution >= 4 is 11.3 Å². The molecule has 2 nitrogen and oxygen atoms in total. The van der Waals surface area contributed by atoms with E-state index in [2.05, 4.69) is 47.8 Å². The zero-order chi connectivity index (χ0) is 13.5. The third-order valence-electron chi connectivity index (χ3n) is 4.64. The van der Waals surface area contributed by atoms with Gasteiger partial charge in [-0.2, -0.15) is 11.3 Å². The monoisotopic (exact) mass is 278 g/mol. The van der Waals surface area contributed by atoms with E-state index in [9.17, 15) is 0 Å². The summed E-state index contributed by atoms with van der Waals surface area (Å²) in [6, 6.07) is 3.66. The van der Waals surface area contributed by atoms with Crippen LogP contribution >= 0.6 is 11.3 Å². The Bertz CT molecular complexity index is 403. The predicted molar refractivity (Wildman–Crippen MR) is 82.5 cm³/mol. The first-order chi connectivity index (χ1) is 9.04. The minimum absolute atomic E-state index is 0.349. The maximum atomic E-state index is 3.80. The number of nitrogens with one attached hydrogen (secondary N) is 1. The molecule has 0 radical (unpaired) electrons. The smallest absolute Gasteiger partial charge is 0.0253 e. The fourth-order valence-corrected chi connectivity index (χ4v) is 3.81. The van der Waals surface area contributed by atoms with Gasteiger partial charge in [-0.15, -0.1) is 0 Å². The van der Waals surface area contributed by atoms with Crippen molar-refractivity contribution in [3.8, 4) is 0 Å². The molecule has 3 rings (SSSR count). The molecular formula is C16H26N2S. The molecule has 2 heterocycles. The van der Waals surface area contributed by atoms with E-state index in [1.807, 2.05) is 11.3 Å². The largest absolute Gasteiger partial charge is 0.311 e. The molecule has 1 aliphatic heterocycles. The Balaban J connectivity index is 1.71. The van der Waals surface area contributed by atoms with Crippen LogP contribution in [0.2, 0.25) is 0 Å². The number of rotatable bonds is 3. The number of hydrogen-bond acceptors (Lipinski definition) is 3. The van der Waals surface area contributed by atoms with Crippen LogP contribution in [0.25, 0.3) is 0 Å². The molecule has 1 saturated carbocycles. The summed E-state index contributed by atoms with van der Waals surface area (Å²) in [7, 11) is 0. The van der Waals surface area contributed by atoms with E-state index in [1.54, 1.807) is 0 Å². The van der Waals surface area contributed by atoms with Crippen LogP contribution in [0.15, 0.2) is 16.8 Å². The van der Waals surface area contributed by atoms with Gasteiger partial charge >= 0.3 is 0 Å². The zero-order valence-electron chi connectivity index (χ0n) is 12.4. The summed E-state index contributed by atoms with van der Waals surface area (Å²) in [6.07, 6.45) is 2.87. The zero-order valence-corrected chi connectivity index (χ0v) is 13.2. The molecule has 19 heavy (non-hydrogen) atoms. The second kappa shape index (κ2) is 5.19. The van der Waals surface area contributed by atoms with Crippen molar-refractivity contribution < 1.29 is 0 Å². The van der Waals surface area contributed by atoms with Crippen molar-refractivity contribution in [2.75, 3.05) is 13.1 Å². The minimum Gasteiger partial charge on any atom is -0.311 e. The van der Waals surface area contributed by atoms with Crippen LogP contribution in [-0.2, 0) is 6.54 Å². The van der Waals surface area contributed by atoms with Crippen molar-refractivity contribution in [3.05, 3.63) is 22.4 Å². The number of piperazine rings is 1. The van der Waals surface area contributed by atoms with Crippen LogP contribution in [-0.4, -0.2) is 30.1 Å². The van der Waals surface area contributed by atoms with Crippen LogP contribution in [0.1, 0.15) is 39.2 Å². The van der Waals surface area contributed by atoms with E-state index in [0.717, 1.165) is 18.5 Å². The molecule has 2 fully saturated rings. The Hall–Kier alpha value is -0.380. The molecular weight excluding hydrogens is 252 g/mol. The van der Waals surface area contributed by atoms with Crippen LogP contribution in [0, 0.1) is 11.3 Å². The lowest BCUT2D eigenvalue weighted by Gasteiger charge is -2.45. The van der Waals surface area contributed by atoms with E-state index >= 15 is 0 Å². The number of hydrogen-bond donors (Lipinski definition) is 1. The topological polar surface area (TPSA) is 15.3 Å². The fraction of sp³-hybridized carbons (Fsp3) is 0.750. The van der Waals surface area contributed by atoms with E-state index < -0.39 is 0 Å². The Morgan fingerprint density at radius 1 is 1.37 bits per heavy atom. The summed E-state index contributed by atoms with van der Waals surface area (Å²) >= 11 is 1.82. The molecule has 1 aliphatic carbocycles. The lowest BCUT2D eigenvalue weighted by atomic mass is 9.84. The van der Waals surface area contributed by atoms with Gasteiger partial charge in [0.1, 0.15) is 0 Å².